The SMILES string of the molecule is CS(=O)(=O)CCCNc1nc(Cl)nc(-n2ccnc2)n1. The van der Waals surface area contributed by atoms with Gasteiger partial charge in [-0.25, -0.2) is 13.4 Å². The number of anilines is 1. The molecule has 0 aromatic carbocycles. The highest BCUT2D eigenvalue weighted by molar-refractivity contribution is 7.90. The Morgan fingerprint density at radius 3 is 2.80 bits per heavy atom. The van der Waals surface area contributed by atoms with Gasteiger partial charge in [-0.2, -0.15) is 15.0 Å². The normalized spacial score (nSPS) is 11.5. The third-order valence-corrected chi connectivity index (χ3v) is 3.51. The van der Waals surface area contributed by atoms with Gasteiger partial charge in [-0.3, -0.25) is 4.57 Å². The molecular weight excluding hydrogens is 304 g/mol. The van der Waals surface area contributed by atoms with Gasteiger partial charge < -0.3 is 5.32 Å². The Kier molecular flexibility index (Phi) is 4.50. The summed E-state index contributed by atoms with van der Waals surface area (Å²) in [6.45, 7) is 0.427. The van der Waals surface area contributed by atoms with Crippen LogP contribution in [0.1, 0.15) is 6.42 Å². The molecule has 0 aliphatic heterocycles. The molecule has 2 aromatic heterocycles. The highest BCUT2D eigenvalue weighted by Gasteiger charge is 2.07. The summed E-state index contributed by atoms with van der Waals surface area (Å²) in [7, 11) is -2.96. The summed E-state index contributed by atoms with van der Waals surface area (Å²) in [6, 6.07) is 0. The molecule has 108 valence electrons. The van der Waals surface area contributed by atoms with E-state index in [1.807, 2.05) is 0 Å². The Morgan fingerprint density at radius 2 is 2.15 bits per heavy atom. The van der Waals surface area contributed by atoms with Gasteiger partial charge >= 0.3 is 0 Å². The van der Waals surface area contributed by atoms with Crippen molar-refractivity contribution in [2.75, 3.05) is 23.9 Å². The van der Waals surface area contributed by atoms with Crippen molar-refractivity contribution in [2.45, 2.75) is 6.42 Å². The number of nitrogens with one attached hydrogen (secondary N) is 1. The average Bonchev–Trinajstić information content (AvgIpc) is 2.86. The summed E-state index contributed by atoms with van der Waals surface area (Å²) in [5.41, 5.74) is 0. The summed E-state index contributed by atoms with van der Waals surface area (Å²) in [5, 5.41) is 2.97. The molecule has 1 N–H and O–H groups in total. The average molecular weight is 317 g/mol. The molecule has 0 bridgehead atoms. The molecular formula is C10H13ClN6O2S. The van der Waals surface area contributed by atoms with Crippen LogP contribution in [0.4, 0.5) is 5.95 Å². The lowest BCUT2D eigenvalue weighted by molar-refractivity contribution is 0.600. The molecule has 0 radical (unpaired) electrons. The minimum atomic E-state index is -2.96. The van der Waals surface area contributed by atoms with E-state index in [1.54, 1.807) is 23.3 Å². The maximum absolute atomic E-state index is 11.0. The van der Waals surface area contributed by atoms with E-state index in [1.165, 1.54) is 6.26 Å². The second-order valence-corrected chi connectivity index (χ2v) is 6.71. The predicted octanol–water partition coefficient (Wildman–Crippen LogP) is 0.557. The number of hydrogen-bond donors (Lipinski definition) is 1. The Bertz CT molecular complexity index is 673. The lowest BCUT2D eigenvalue weighted by atomic mass is 10.5. The van der Waals surface area contributed by atoms with Gasteiger partial charge in [0.2, 0.25) is 17.2 Å². The quantitative estimate of drug-likeness (QED) is 0.776. The summed E-state index contributed by atoms with van der Waals surface area (Å²) in [5.74, 6) is 0.739. The van der Waals surface area contributed by atoms with Crippen LogP contribution in [0.2, 0.25) is 5.28 Å². The molecule has 0 aliphatic carbocycles. The summed E-state index contributed by atoms with van der Waals surface area (Å²) in [6.07, 6.45) is 6.47. The van der Waals surface area contributed by atoms with E-state index >= 15 is 0 Å². The van der Waals surface area contributed by atoms with Crippen LogP contribution in [0.5, 0.6) is 0 Å². The molecule has 0 unspecified atom stereocenters. The zero-order valence-corrected chi connectivity index (χ0v) is 12.3. The number of sulfone groups is 1. The zero-order valence-electron chi connectivity index (χ0n) is 10.7. The molecule has 2 rings (SSSR count). The number of halogens is 1. The van der Waals surface area contributed by atoms with Crippen LogP contribution in [0, 0.1) is 0 Å². The molecule has 2 heterocycles. The van der Waals surface area contributed by atoms with E-state index < -0.39 is 9.84 Å². The third kappa shape index (κ3) is 4.42. The summed E-state index contributed by atoms with van der Waals surface area (Å²) >= 11 is 5.82. The first kappa shape index (κ1) is 14.7. The van der Waals surface area contributed by atoms with Crippen molar-refractivity contribution >= 4 is 27.4 Å². The maximum atomic E-state index is 11.0. The van der Waals surface area contributed by atoms with Gasteiger partial charge in [-0.1, -0.05) is 0 Å². The smallest absolute Gasteiger partial charge is 0.241 e. The molecule has 8 nitrogen and oxygen atoms in total. The van der Waals surface area contributed by atoms with Crippen LogP contribution in [0.15, 0.2) is 18.7 Å². The highest BCUT2D eigenvalue weighted by atomic mass is 35.5. The zero-order chi connectivity index (χ0) is 14.6. The van der Waals surface area contributed by atoms with Crippen molar-refractivity contribution in [3.8, 4) is 5.95 Å². The highest BCUT2D eigenvalue weighted by Crippen LogP contribution is 2.09. The Morgan fingerprint density at radius 1 is 1.35 bits per heavy atom. The second kappa shape index (κ2) is 6.14. The van der Waals surface area contributed by atoms with Crippen LogP contribution in [0.25, 0.3) is 5.95 Å². The predicted molar refractivity (Wildman–Crippen MR) is 74.8 cm³/mol. The topological polar surface area (TPSA) is 103 Å². The standard InChI is InChI=1S/C10H13ClN6O2S/c1-20(18,19)6-2-3-13-9-14-8(11)15-10(16-9)17-5-4-12-7-17/h4-5,7H,2-3,6H2,1H3,(H,13,14,15,16). The molecule has 0 fully saturated rings. The van der Waals surface area contributed by atoms with E-state index in [4.69, 9.17) is 11.6 Å². The molecule has 0 amide bonds. The van der Waals surface area contributed by atoms with E-state index in [-0.39, 0.29) is 11.0 Å². The Labute approximate surface area is 121 Å². The van der Waals surface area contributed by atoms with E-state index in [2.05, 4.69) is 25.3 Å². The van der Waals surface area contributed by atoms with E-state index in [9.17, 15) is 8.42 Å². The van der Waals surface area contributed by atoms with Crippen molar-refractivity contribution in [3.05, 3.63) is 24.0 Å². The lowest BCUT2D eigenvalue weighted by Gasteiger charge is -2.06. The van der Waals surface area contributed by atoms with Crippen molar-refractivity contribution < 1.29 is 8.42 Å². The minimum Gasteiger partial charge on any atom is -0.354 e. The molecule has 10 heteroatoms. The van der Waals surface area contributed by atoms with Crippen LogP contribution in [0.3, 0.4) is 0 Å². The van der Waals surface area contributed by atoms with E-state index in [0.29, 0.717) is 24.9 Å². The first-order chi connectivity index (χ1) is 9.44. The van der Waals surface area contributed by atoms with Gasteiger partial charge in [0.15, 0.2) is 0 Å². The maximum Gasteiger partial charge on any atom is 0.241 e. The number of rotatable bonds is 6. The summed E-state index contributed by atoms with van der Waals surface area (Å²) < 4.78 is 23.6. The molecule has 0 spiro atoms. The minimum absolute atomic E-state index is 0.0503. The Hall–Kier alpha value is -1.74. The lowest BCUT2D eigenvalue weighted by Crippen LogP contribution is -2.13. The van der Waals surface area contributed by atoms with E-state index in [0.717, 1.165) is 0 Å². The first-order valence-corrected chi connectivity index (χ1v) is 8.19. The fourth-order valence-corrected chi connectivity index (χ4v) is 2.27. The molecule has 0 atom stereocenters. The number of nitrogens with zero attached hydrogens (tertiary/aromatic N) is 5. The molecule has 0 saturated heterocycles. The van der Waals surface area contributed by atoms with Gasteiger partial charge in [-0.15, -0.1) is 0 Å². The van der Waals surface area contributed by atoms with Gasteiger partial charge in [0.05, 0.1) is 5.75 Å². The number of aromatic nitrogens is 5. The largest absolute Gasteiger partial charge is 0.354 e. The molecule has 0 aliphatic rings. The van der Waals surface area contributed by atoms with Crippen LogP contribution < -0.4 is 5.32 Å². The molecule has 2 aromatic rings. The van der Waals surface area contributed by atoms with Gasteiger partial charge in [0.1, 0.15) is 16.2 Å². The number of hydrogen-bond acceptors (Lipinski definition) is 7. The monoisotopic (exact) mass is 316 g/mol. The number of imidazole rings is 1. The van der Waals surface area contributed by atoms with Crippen molar-refractivity contribution in [1.82, 2.24) is 24.5 Å². The van der Waals surface area contributed by atoms with Gasteiger partial charge in [0, 0.05) is 25.2 Å². The van der Waals surface area contributed by atoms with Crippen molar-refractivity contribution in [3.63, 3.8) is 0 Å². The molecule has 0 saturated carbocycles. The fraction of sp³-hybridized carbons (Fsp3) is 0.400. The first-order valence-electron chi connectivity index (χ1n) is 5.75. The van der Waals surface area contributed by atoms with Crippen LogP contribution in [-0.4, -0.2) is 51.5 Å². The van der Waals surface area contributed by atoms with Crippen molar-refractivity contribution in [1.29, 1.82) is 0 Å². The van der Waals surface area contributed by atoms with Gasteiger partial charge in [-0.05, 0) is 18.0 Å². The fourth-order valence-electron chi connectivity index (χ4n) is 1.45. The van der Waals surface area contributed by atoms with Gasteiger partial charge in [0.25, 0.3) is 0 Å². The molecule has 20 heavy (non-hydrogen) atoms. The van der Waals surface area contributed by atoms with Crippen molar-refractivity contribution in [2.24, 2.45) is 0 Å². The Balaban J connectivity index is 2.02. The van der Waals surface area contributed by atoms with Crippen LogP contribution in [-0.2, 0) is 9.84 Å². The second-order valence-electron chi connectivity index (χ2n) is 4.11. The summed E-state index contributed by atoms with van der Waals surface area (Å²) in [4.78, 5) is 16.0. The van der Waals surface area contributed by atoms with Crippen LogP contribution >= 0.6 is 11.6 Å². The third-order valence-electron chi connectivity index (χ3n) is 2.31.